The third-order valence-corrected chi connectivity index (χ3v) is 1.60. The van der Waals surface area contributed by atoms with Gasteiger partial charge in [-0.25, -0.2) is 0 Å². The van der Waals surface area contributed by atoms with Gasteiger partial charge in [-0.15, -0.1) is 0 Å². The Hall–Kier alpha value is -0.370. The number of nitrogens with one attached hydrogen (secondary N) is 1. The van der Waals surface area contributed by atoms with Crippen LogP contribution in [0.4, 0.5) is 0 Å². The van der Waals surface area contributed by atoms with Crippen molar-refractivity contribution in [2.24, 2.45) is 11.1 Å². The Morgan fingerprint density at radius 1 is 1.56 bits per heavy atom. The molecule has 2 heteroatoms. The lowest BCUT2D eigenvalue weighted by atomic mass is 10.1. The molecular weight excluding hydrogens is 112 g/mol. The summed E-state index contributed by atoms with van der Waals surface area (Å²) >= 11 is 0. The van der Waals surface area contributed by atoms with Gasteiger partial charge in [0.05, 0.1) is 0 Å². The highest BCUT2D eigenvalue weighted by atomic mass is 14.7. The van der Waals surface area contributed by atoms with Crippen molar-refractivity contribution in [1.29, 1.82) is 5.41 Å². The zero-order chi connectivity index (χ0) is 7.33. The molecule has 0 radical (unpaired) electrons. The van der Waals surface area contributed by atoms with Crippen molar-refractivity contribution in [2.75, 3.05) is 6.54 Å². The number of hydrogen-bond donors (Lipinski definition) is 2. The molecular formula is C7H16N2. The van der Waals surface area contributed by atoms with Gasteiger partial charge in [-0.05, 0) is 12.8 Å². The molecule has 1 fully saturated rings. The first kappa shape index (κ1) is 8.63. The predicted molar refractivity (Wildman–Crippen MR) is 40.9 cm³/mol. The fraction of sp³-hybridized carbons (Fsp3) is 0.857. The summed E-state index contributed by atoms with van der Waals surface area (Å²) in [5, 5.41) is 6.86. The Kier molecular flexibility index (Phi) is 3.47. The molecule has 0 bridgehead atoms. The molecule has 3 N–H and O–H groups in total. The van der Waals surface area contributed by atoms with Crippen LogP contribution in [0.2, 0.25) is 0 Å². The molecule has 0 spiro atoms. The fourth-order valence-electron chi connectivity index (χ4n) is 0.568. The predicted octanol–water partition coefficient (Wildman–Crippen LogP) is 1.40. The van der Waals surface area contributed by atoms with Gasteiger partial charge in [0.1, 0.15) is 0 Å². The molecule has 0 aromatic carbocycles. The van der Waals surface area contributed by atoms with Crippen LogP contribution in [0.3, 0.4) is 0 Å². The maximum Gasteiger partial charge on any atom is 0.0173 e. The Labute approximate surface area is 57.0 Å². The van der Waals surface area contributed by atoms with Crippen LogP contribution in [0.1, 0.15) is 26.7 Å². The minimum atomic E-state index is 0.153. The van der Waals surface area contributed by atoms with Crippen molar-refractivity contribution in [2.45, 2.75) is 26.7 Å². The summed E-state index contributed by atoms with van der Waals surface area (Å²) in [6, 6.07) is 0. The van der Waals surface area contributed by atoms with Crippen molar-refractivity contribution in [3.63, 3.8) is 0 Å². The van der Waals surface area contributed by atoms with Gasteiger partial charge in [0, 0.05) is 18.2 Å². The molecule has 0 aromatic rings. The quantitative estimate of drug-likeness (QED) is 0.543. The first-order valence-corrected chi connectivity index (χ1v) is 3.55. The third-order valence-electron chi connectivity index (χ3n) is 1.60. The van der Waals surface area contributed by atoms with E-state index in [0.717, 1.165) is 12.8 Å². The van der Waals surface area contributed by atoms with Gasteiger partial charge in [0.2, 0.25) is 0 Å². The molecule has 0 amide bonds. The molecule has 0 saturated heterocycles. The highest BCUT2D eigenvalue weighted by Crippen LogP contribution is 2.41. The van der Waals surface area contributed by atoms with E-state index in [4.69, 9.17) is 11.1 Å². The largest absolute Gasteiger partial charge is 0.330 e. The fourth-order valence-corrected chi connectivity index (χ4v) is 0.568. The molecule has 0 heterocycles. The van der Waals surface area contributed by atoms with Crippen molar-refractivity contribution in [1.82, 2.24) is 0 Å². The maximum atomic E-state index is 6.86. The number of nitrogens with two attached hydrogens (primary N) is 1. The SMILES string of the molecule is CC.N=CC1(CN)CC1. The number of hydrogen-bond acceptors (Lipinski definition) is 2. The van der Waals surface area contributed by atoms with E-state index >= 15 is 0 Å². The van der Waals surface area contributed by atoms with E-state index in [9.17, 15) is 0 Å². The van der Waals surface area contributed by atoms with E-state index in [2.05, 4.69) is 0 Å². The van der Waals surface area contributed by atoms with E-state index < -0.39 is 0 Å². The smallest absolute Gasteiger partial charge is 0.0173 e. The van der Waals surface area contributed by atoms with Crippen molar-refractivity contribution in [3.8, 4) is 0 Å². The van der Waals surface area contributed by atoms with Gasteiger partial charge < -0.3 is 11.1 Å². The molecule has 9 heavy (non-hydrogen) atoms. The van der Waals surface area contributed by atoms with Crippen LogP contribution in [-0.4, -0.2) is 12.8 Å². The summed E-state index contributed by atoms with van der Waals surface area (Å²) < 4.78 is 0. The standard InChI is InChI=1S/C5H10N2.C2H6/c6-3-5(4-7)1-2-5;1-2/h3,6H,1-2,4,7H2;1-2H3. The Morgan fingerprint density at radius 3 is 2.00 bits per heavy atom. The molecule has 0 aromatic heterocycles. The second kappa shape index (κ2) is 3.62. The average Bonchev–Trinajstić information content (AvgIpc) is 2.72. The third kappa shape index (κ3) is 2.14. The van der Waals surface area contributed by atoms with E-state index in [1.54, 1.807) is 0 Å². The molecule has 54 valence electrons. The lowest BCUT2D eigenvalue weighted by Crippen LogP contribution is -2.15. The lowest BCUT2D eigenvalue weighted by Gasteiger charge is -1.98. The van der Waals surface area contributed by atoms with Gasteiger partial charge in [-0.1, -0.05) is 13.8 Å². The summed E-state index contributed by atoms with van der Waals surface area (Å²) in [5.41, 5.74) is 5.48. The highest BCUT2D eigenvalue weighted by molar-refractivity contribution is 5.66. The molecule has 1 saturated carbocycles. The van der Waals surface area contributed by atoms with Crippen molar-refractivity contribution < 1.29 is 0 Å². The second-order valence-electron chi connectivity index (χ2n) is 2.21. The Morgan fingerprint density at radius 2 is 2.00 bits per heavy atom. The molecule has 1 aliphatic rings. The summed E-state index contributed by atoms with van der Waals surface area (Å²) in [6.07, 6.45) is 3.74. The van der Waals surface area contributed by atoms with Gasteiger partial charge in [-0.2, -0.15) is 0 Å². The van der Waals surface area contributed by atoms with Gasteiger partial charge in [0.15, 0.2) is 0 Å². The molecule has 0 aliphatic heterocycles. The molecule has 1 aliphatic carbocycles. The average molecular weight is 128 g/mol. The zero-order valence-electron chi connectivity index (χ0n) is 6.28. The first-order chi connectivity index (χ1) is 4.33. The van der Waals surface area contributed by atoms with Crippen molar-refractivity contribution in [3.05, 3.63) is 0 Å². The van der Waals surface area contributed by atoms with Crippen LogP contribution in [0.25, 0.3) is 0 Å². The van der Waals surface area contributed by atoms with E-state index in [0.29, 0.717) is 6.54 Å². The van der Waals surface area contributed by atoms with Gasteiger partial charge >= 0.3 is 0 Å². The van der Waals surface area contributed by atoms with Crippen LogP contribution in [0.5, 0.6) is 0 Å². The summed E-state index contributed by atoms with van der Waals surface area (Å²) in [6.45, 7) is 4.66. The van der Waals surface area contributed by atoms with Crippen LogP contribution in [0.15, 0.2) is 0 Å². The van der Waals surface area contributed by atoms with E-state index in [-0.39, 0.29) is 5.41 Å². The molecule has 0 unspecified atom stereocenters. The van der Waals surface area contributed by atoms with Crippen LogP contribution < -0.4 is 5.73 Å². The minimum Gasteiger partial charge on any atom is -0.330 e. The molecule has 1 rings (SSSR count). The normalized spacial score (nSPS) is 19.4. The number of rotatable bonds is 2. The highest BCUT2D eigenvalue weighted by Gasteiger charge is 2.38. The Bertz CT molecular complexity index is 84.9. The minimum absolute atomic E-state index is 0.153. The molecule has 0 atom stereocenters. The molecule has 2 nitrogen and oxygen atoms in total. The summed E-state index contributed by atoms with van der Waals surface area (Å²) in [5.74, 6) is 0. The van der Waals surface area contributed by atoms with Gasteiger partial charge in [-0.3, -0.25) is 0 Å². The van der Waals surface area contributed by atoms with Crippen LogP contribution >= 0.6 is 0 Å². The van der Waals surface area contributed by atoms with Crippen molar-refractivity contribution >= 4 is 6.21 Å². The van der Waals surface area contributed by atoms with Crippen LogP contribution in [0, 0.1) is 10.8 Å². The van der Waals surface area contributed by atoms with E-state index in [1.165, 1.54) is 6.21 Å². The topological polar surface area (TPSA) is 49.9 Å². The maximum absolute atomic E-state index is 6.86. The zero-order valence-corrected chi connectivity index (χ0v) is 6.28. The van der Waals surface area contributed by atoms with E-state index in [1.807, 2.05) is 13.8 Å². The second-order valence-corrected chi connectivity index (χ2v) is 2.21. The monoisotopic (exact) mass is 128 g/mol. The first-order valence-electron chi connectivity index (χ1n) is 3.55. The van der Waals surface area contributed by atoms with Crippen LogP contribution in [-0.2, 0) is 0 Å². The lowest BCUT2D eigenvalue weighted by molar-refractivity contribution is 0.725. The van der Waals surface area contributed by atoms with Gasteiger partial charge in [0.25, 0.3) is 0 Å². The summed E-state index contributed by atoms with van der Waals surface area (Å²) in [4.78, 5) is 0. The Balaban J connectivity index is 0.000000291. The summed E-state index contributed by atoms with van der Waals surface area (Å²) in [7, 11) is 0.